The Morgan fingerprint density at radius 3 is 1.00 bits per heavy atom. The zero-order valence-electron chi connectivity index (χ0n) is 41.4. The molecule has 0 bridgehead atoms. The minimum absolute atomic E-state index is 0.0276. The van der Waals surface area contributed by atoms with Gasteiger partial charge in [-0.1, -0.05) is 281 Å². The monoisotopic (exact) mass is 856 g/mol. The molecule has 4 nitrogen and oxygen atoms in total. The highest BCUT2D eigenvalue weighted by Crippen LogP contribution is 2.17. The standard InChI is InChI=1S/C57H109NO3/c1-3-5-7-9-11-13-15-17-19-21-23-24-25-26-27-28-29-30-31-32-33-34-35-37-39-41-43-45-47-49-51-53-57(61)58-55(54-59)56(60)52-50-48-46-44-42-40-38-36-22-20-18-16-14-12-10-8-6-4-2/h15,17,21,23,25-26,55-56,59-60H,3-14,16,18-20,22,24,27-54H2,1-2H3,(H,58,61)/b17-15-,23-21-,26-25-. The van der Waals surface area contributed by atoms with Gasteiger partial charge >= 0.3 is 0 Å². The van der Waals surface area contributed by atoms with Crippen molar-refractivity contribution >= 4 is 5.91 Å². The van der Waals surface area contributed by atoms with Crippen LogP contribution in [-0.2, 0) is 4.79 Å². The number of amides is 1. The summed E-state index contributed by atoms with van der Waals surface area (Å²) in [6, 6.07) is -0.536. The lowest BCUT2D eigenvalue weighted by molar-refractivity contribution is -0.123. The molecule has 360 valence electrons. The second-order valence-electron chi connectivity index (χ2n) is 19.0. The molecule has 3 N–H and O–H groups in total. The summed E-state index contributed by atoms with van der Waals surface area (Å²) in [5.74, 6) is -0.0276. The molecule has 0 saturated heterocycles. The predicted octanol–water partition coefficient (Wildman–Crippen LogP) is 18.1. The van der Waals surface area contributed by atoms with Crippen molar-refractivity contribution in [3.63, 3.8) is 0 Å². The van der Waals surface area contributed by atoms with E-state index in [0.29, 0.717) is 12.8 Å². The van der Waals surface area contributed by atoms with Crippen molar-refractivity contribution in [3.8, 4) is 0 Å². The molecular formula is C57H109NO3. The van der Waals surface area contributed by atoms with Gasteiger partial charge in [0.15, 0.2) is 0 Å². The summed E-state index contributed by atoms with van der Waals surface area (Å²) in [6.45, 7) is 4.37. The average molecular weight is 857 g/mol. The summed E-state index contributed by atoms with van der Waals surface area (Å²) >= 11 is 0. The maximum Gasteiger partial charge on any atom is 0.220 e. The van der Waals surface area contributed by atoms with E-state index in [-0.39, 0.29) is 12.5 Å². The van der Waals surface area contributed by atoms with E-state index in [9.17, 15) is 15.0 Å². The summed E-state index contributed by atoms with van der Waals surface area (Å²) < 4.78 is 0. The van der Waals surface area contributed by atoms with Crippen molar-refractivity contribution in [1.82, 2.24) is 5.32 Å². The SMILES string of the molecule is CCCCCCC/C=C\C/C=C\C/C=C\CCCCCCCCCCCCCCCCCCC(=O)NC(CO)C(O)CCCCCCCCCCCCCCCCCCCC. The average Bonchev–Trinajstić information content (AvgIpc) is 3.26. The Kier molecular flexibility index (Phi) is 51.7. The van der Waals surface area contributed by atoms with Gasteiger partial charge < -0.3 is 15.5 Å². The normalized spacial score (nSPS) is 13.0. The molecule has 2 unspecified atom stereocenters. The van der Waals surface area contributed by atoms with Gasteiger partial charge in [-0.15, -0.1) is 0 Å². The molecular weight excluding hydrogens is 747 g/mol. The van der Waals surface area contributed by atoms with E-state index in [1.807, 2.05) is 0 Å². The number of aliphatic hydroxyl groups excluding tert-OH is 2. The van der Waals surface area contributed by atoms with Gasteiger partial charge in [0.2, 0.25) is 5.91 Å². The third-order valence-corrected chi connectivity index (χ3v) is 12.9. The van der Waals surface area contributed by atoms with Crippen LogP contribution in [0.1, 0.15) is 303 Å². The molecule has 0 aliphatic carbocycles. The van der Waals surface area contributed by atoms with Crippen molar-refractivity contribution in [3.05, 3.63) is 36.5 Å². The van der Waals surface area contributed by atoms with Gasteiger partial charge in [0.1, 0.15) is 0 Å². The van der Waals surface area contributed by atoms with Crippen LogP contribution in [0.15, 0.2) is 36.5 Å². The van der Waals surface area contributed by atoms with Gasteiger partial charge in [-0.2, -0.15) is 0 Å². The predicted molar refractivity (Wildman–Crippen MR) is 272 cm³/mol. The number of unbranched alkanes of at least 4 members (excludes halogenated alkanes) is 38. The number of allylic oxidation sites excluding steroid dienone is 6. The molecule has 0 radical (unpaired) electrons. The van der Waals surface area contributed by atoms with Crippen LogP contribution >= 0.6 is 0 Å². The van der Waals surface area contributed by atoms with Gasteiger partial charge in [0.25, 0.3) is 0 Å². The number of hydrogen-bond acceptors (Lipinski definition) is 3. The molecule has 0 heterocycles. The van der Waals surface area contributed by atoms with Gasteiger partial charge in [-0.25, -0.2) is 0 Å². The van der Waals surface area contributed by atoms with Crippen LogP contribution in [0.4, 0.5) is 0 Å². The Balaban J connectivity index is 3.44. The van der Waals surface area contributed by atoms with E-state index in [0.717, 1.165) is 38.5 Å². The molecule has 0 aromatic rings. The van der Waals surface area contributed by atoms with Gasteiger partial charge in [-0.05, 0) is 51.4 Å². The van der Waals surface area contributed by atoms with Gasteiger partial charge in [0.05, 0.1) is 18.8 Å². The fraction of sp³-hybridized carbons (Fsp3) is 0.877. The fourth-order valence-electron chi connectivity index (χ4n) is 8.66. The third-order valence-electron chi connectivity index (χ3n) is 12.9. The van der Waals surface area contributed by atoms with Crippen LogP contribution in [0.5, 0.6) is 0 Å². The first kappa shape index (κ1) is 59.6. The van der Waals surface area contributed by atoms with Crippen LogP contribution in [0.3, 0.4) is 0 Å². The van der Waals surface area contributed by atoms with Gasteiger partial charge in [0, 0.05) is 6.42 Å². The molecule has 0 aromatic carbocycles. The molecule has 2 atom stereocenters. The molecule has 0 fully saturated rings. The molecule has 0 rings (SSSR count). The Morgan fingerprint density at radius 2 is 0.672 bits per heavy atom. The number of rotatable bonds is 51. The number of carbonyl (C=O) groups excluding carboxylic acids is 1. The van der Waals surface area contributed by atoms with E-state index in [1.165, 1.54) is 238 Å². The summed E-state index contributed by atoms with van der Waals surface area (Å²) in [7, 11) is 0. The molecule has 0 spiro atoms. The summed E-state index contributed by atoms with van der Waals surface area (Å²) in [6.07, 6.45) is 71.2. The van der Waals surface area contributed by atoms with Crippen molar-refractivity contribution in [2.45, 2.75) is 315 Å². The highest BCUT2D eigenvalue weighted by atomic mass is 16.3. The summed E-state index contributed by atoms with van der Waals surface area (Å²) in [5, 5.41) is 23.3. The van der Waals surface area contributed by atoms with E-state index < -0.39 is 12.1 Å². The van der Waals surface area contributed by atoms with E-state index in [4.69, 9.17) is 0 Å². The second-order valence-corrected chi connectivity index (χ2v) is 19.0. The zero-order chi connectivity index (χ0) is 44.2. The van der Waals surface area contributed by atoms with Crippen molar-refractivity contribution in [2.24, 2.45) is 0 Å². The lowest BCUT2D eigenvalue weighted by atomic mass is 10.0. The fourth-order valence-corrected chi connectivity index (χ4v) is 8.66. The number of carbonyl (C=O) groups is 1. The van der Waals surface area contributed by atoms with E-state index >= 15 is 0 Å². The Morgan fingerprint density at radius 1 is 0.393 bits per heavy atom. The molecule has 0 aliphatic heterocycles. The minimum atomic E-state index is -0.659. The molecule has 1 amide bonds. The topological polar surface area (TPSA) is 69.6 Å². The van der Waals surface area contributed by atoms with Gasteiger partial charge in [-0.3, -0.25) is 4.79 Å². The quantitative estimate of drug-likeness (QED) is 0.0422. The van der Waals surface area contributed by atoms with Crippen LogP contribution in [0, 0.1) is 0 Å². The lowest BCUT2D eigenvalue weighted by Crippen LogP contribution is -2.45. The highest BCUT2D eigenvalue weighted by Gasteiger charge is 2.20. The smallest absolute Gasteiger partial charge is 0.220 e. The second kappa shape index (κ2) is 53.0. The summed E-state index contributed by atoms with van der Waals surface area (Å²) in [5.41, 5.74) is 0. The Labute approximate surface area is 382 Å². The first-order valence-corrected chi connectivity index (χ1v) is 27.7. The molecule has 0 aromatic heterocycles. The van der Waals surface area contributed by atoms with Crippen LogP contribution in [-0.4, -0.2) is 34.9 Å². The minimum Gasteiger partial charge on any atom is -0.394 e. The highest BCUT2D eigenvalue weighted by molar-refractivity contribution is 5.76. The maximum atomic E-state index is 12.5. The van der Waals surface area contributed by atoms with Crippen molar-refractivity contribution in [2.75, 3.05) is 6.61 Å². The van der Waals surface area contributed by atoms with Crippen LogP contribution < -0.4 is 5.32 Å². The van der Waals surface area contributed by atoms with Crippen LogP contribution in [0.25, 0.3) is 0 Å². The largest absolute Gasteiger partial charge is 0.394 e. The number of nitrogens with one attached hydrogen (secondary N) is 1. The maximum absolute atomic E-state index is 12.5. The third kappa shape index (κ3) is 49.5. The Bertz CT molecular complexity index is 928. The molecule has 0 aliphatic rings. The number of hydrogen-bond donors (Lipinski definition) is 3. The molecule has 4 heteroatoms. The summed E-state index contributed by atoms with van der Waals surface area (Å²) in [4.78, 5) is 12.5. The first-order chi connectivity index (χ1) is 30.2. The first-order valence-electron chi connectivity index (χ1n) is 27.7. The molecule has 61 heavy (non-hydrogen) atoms. The van der Waals surface area contributed by atoms with Crippen molar-refractivity contribution in [1.29, 1.82) is 0 Å². The lowest BCUT2D eigenvalue weighted by Gasteiger charge is -2.22. The number of aliphatic hydroxyl groups is 2. The Hall–Kier alpha value is -1.39. The molecule has 0 saturated carbocycles. The zero-order valence-corrected chi connectivity index (χ0v) is 41.4. The van der Waals surface area contributed by atoms with E-state index in [2.05, 4.69) is 55.6 Å². The van der Waals surface area contributed by atoms with Crippen LogP contribution in [0.2, 0.25) is 0 Å². The van der Waals surface area contributed by atoms with E-state index in [1.54, 1.807) is 0 Å². The van der Waals surface area contributed by atoms with Crippen molar-refractivity contribution < 1.29 is 15.0 Å².